The summed E-state index contributed by atoms with van der Waals surface area (Å²) in [6.45, 7) is 1.03. The van der Waals surface area contributed by atoms with Crippen molar-refractivity contribution in [3.05, 3.63) is 11.1 Å². The lowest BCUT2D eigenvalue weighted by Crippen LogP contribution is -2.31. The summed E-state index contributed by atoms with van der Waals surface area (Å²) in [4.78, 5) is 6.90. The molecule has 1 aromatic heterocycles. The number of anilines is 1. The van der Waals surface area contributed by atoms with Gasteiger partial charge in [0.25, 0.3) is 0 Å². The zero-order valence-electron chi connectivity index (χ0n) is 8.67. The number of halogens is 2. The first-order chi connectivity index (χ1) is 7.19. The minimum Gasteiger partial charge on any atom is -0.395 e. The van der Waals surface area contributed by atoms with Crippen LogP contribution in [0.3, 0.4) is 0 Å². The predicted octanol–water partition coefficient (Wildman–Crippen LogP) is 1.05. The lowest BCUT2D eigenvalue weighted by atomic mass is 10.2. The second-order valence-electron chi connectivity index (χ2n) is 3.76. The molecule has 0 spiro atoms. The van der Waals surface area contributed by atoms with Crippen molar-refractivity contribution in [3.63, 3.8) is 0 Å². The monoisotopic (exact) mass is 267 g/mol. The van der Waals surface area contributed by atoms with E-state index < -0.39 is 6.17 Å². The average molecular weight is 268 g/mol. The van der Waals surface area contributed by atoms with Gasteiger partial charge in [-0.15, -0.1) is 23.7 Å². The molecule has 1 aliphatic heterocycles. The smallest absolute Gasteiger partial charge is 0.180 e. The predicted molar refractivity (Wildman–Crippen MR) is 64.6 cm³/mol. The van der Waals surface area contributed by atoms with Crippen molar-refractivity contribution in [1.82, 2.24) is 9.88 Å². The molecule has 16 heavy (non-hydrogen) atoms. The van der Waals surface area contributed by atoms with Gasteiger partial charge in [0.05, 0.1) is 6.61 Å². The quantitative estimate of drug-likeness (QED) is 0.859. The number of aliphatic hydroxyl groups excluding tert-OH is 1. The average Bonchev–Trinajstić information content (AvgIpc) is 2.73. The number of hydrogen-bond donors (Lipinski definition) is 2. The van der Waals surface area contributed by atoms with Gasteiger partial charge in [-0.3, -0.25) is 4.90 Å². The summed E-state index contributed by atoms with van der Waals surface area (Å²) >= 11 is 1.41. The zero-order chi connectivity index (χ0) is 10.8. The fourth-order valence-electron chi connectivity index (χ4n) is 1.90. The van der Waals surface area contributed by atoms with E-state index in [0.717, 1.165) is 4.88 Å². The van der Waals surface area contributed by atoms with Crippen LogP contribution in [0.5, 0.6) is 0 Å². The van der Waals surface area contributed by atoms with Crippen molar-refractivity contribution in [2.45, 2.75) is 25.2 Å². The van der Waals surface area contributed by atoms with E-state index in [4.69, 9.17) is 10.8 Å². The summed E-state index contributed by atoms with van der Waals surface area (Å²) in [5, 5.41) is 9.62. The highest BCUT2D eigenvalue weighted by molar-refractivity contribution is 7.15. The number of aliphatic hydroxyl groups is 1. The van der Waals surface area contributed by atoms with Crippen LogP contribution in [0, 0.1) is 0 Å². The Balaban J connectivity index is 0.00000128. The van der Waals surface area contributed by atoms with Crippen LogP contribution in [0.15, 0.2) is 6.20 Å². The molecular weight excluding hydrogens is 253 g/mol. The van der Waals surface area contributed by atoms with Gasteiger partial charge in [-0.25, -0.2) is 9.37 Å². The third kappa shape index (κ3) is 3.04. The second kappa shape index (κ2) is 5.77. The van der Waals surface area contributed by atoms with Crippen LogP contribution in [0.25, 0.3) is 0 Å². The van der Waals surface area contributed by atoms with E-state index in [2.05, 4.69) is 4.98 Å². The molecule has 7 heteroatoms. The van der Waals surface area contributed by atoms with E-state index in [1.165, 1.54) is 11.3 Å². The lowest BCUT2D eigenvalue weighted by Gasteiger charge is -2.20. The standard InChI is InChI=1S/C9H14FN3OS.ClH/c10-6-1-7(5-14)13(3-6)4-8-2-12-9(11)15-8;/h2,6-7,14H,1,3-5H2,(H2,11,12);1H. The first-order valence-corrected chi connectivity index (χ1v) is 5.70. The van der Waals surface area contributed by atoms with E-state index in [9.17, 15) is 4.39 Å². The van der Waals surface area contributed by atoms with Crippen LogP contribution < -0.4 is 5.73 Å². The van der Waals surface area contributed by atoms with E-state index >= 15 is 0 Å². The first kappa shape index (κ1) is 13.6. The molecule has 1 fully saturated rings. The van der Waals surface area contributed by atoms with Gasteiger partial charge in [0.2, 0.25) is 0 Å². The summed E-state index contributed by atoms with van der Waals surface area (Å²) in [6.07, 6.45) is 1.30. The van der Waals surface area contributed by atoms with Crippen LogP contribution in [0.4, 0.5) is 9.52 Å². The fourth-order valence-corrected chi connectivity index (χ4v) is 2.61. The Morgan fingerprint density at radius 2 is 2.44 bits per heavy atom. The van der Waals surface area contributed by atoms with Gasteiger partial charge in [-0.2, -0.15) is 0 Å². The number of hydrogen-bond acceptors (Lipinski definition) is 5. The summed E-state index contributed by atoms with van der Waals surface area (Å²) in [5.74, 6) is 0. The molecule has 0 radical (unpaired) electrons. The lowest BCUT2D eigenvalue weighted by molar-refractivity contribution is 0.154. The molecule has 1 aliphatic rings. The molecule has 0 aromatic carbocycles. The van der Waals surface area contributed by atoms with E-state index in [1.54, 1.807) is 6.20 Å². The Morgan fingerprint density at radius 1 is 1.69 bits per heavy atom. The highest BCUT2D eigenvalue weighted by atomic mass is 35.5. The van der Waals surface area contributed by atoms with E-state index in [-0.39, 0.29) is 25.1 Å². The third-order valence-corrected chi connectivity index (χ3v) is 3.43. The van der Waals surface area contributed by atoms with Gasteiger partial charge in [0.1, 0.15) is 6.17 Å². The van der Waals surface area contributed by atoms with Gasteiger partial charge in [0.15, 0.2) is 5.13 Å². The molecular formula is C9H15ClFN3OS. The van der Waals surface area contributed by atoms with Gasteiger partial charge in [-0.1, -0.05) is 0 Å². The maximum absolute atomic E-state index is 13.1. The number of nitrogens with two attached hydrogens (primary N) is 1. The molecule has 2 heterocycles. The molecule has 2 rings (SSSR count). The number of thiazole rings is 1. The Hall–Kier alpha value is -0.430. The molecule has 0 amide bonds. The molecule has 4 nitrogen and oxygen atoms in total. The topological polar surface area (TPSA) is 62.4 Å². The van der Waals surface area contributed by atoms with Crippen molar-refractivity contribution < 1.29 is 9.50 Å². The number of alkyl halides is 1. The second-order valence-corrected chi connectivity index (χ2v) is 4.91. The van der Waals surface area contributed by atoms with E-state index in [1.807, 2.05) is 4.90 Å². The van der Waals surface area contributed by atoms with Crippen LogP contribution in [-0.4, -0.2) is 40.4 Å². The van der Waals surface area contributed by atoms with Crippen LogP contribution in [0.2, 0.25) is 0 Å². The van der Waals surface area contributed by atoms with Crippen molar-refractivity contribution in [2.75, 3.05) is 18.9 Å². The summed E-state index contributed by atoms with van der Waals surface area (Å²) < 4.78 is 13.1. The summed E-state index contributed by atoms with van der Waals surface area (Å²) in [6, 6.07) is -0.0664. The fraction of sp³-hybridized carbons (Fsp3) is 0.667. The highest BCUT2D eigenvalue weighted by Crippen LogP contribution is 2.24. The normalized spacial score (nSPS) is 25.6. The zero-order valence-corrected chi connectivity index (χ0v) is 10.3. The summed E-state index contributed by atoms with van der Waals surface area (Å²) in [7, 11) is 0. The number of likely N-dealkylation sites (tertiary alicyclic amines) is 1. The van der Waals surface area contributed by atoms with Gasteiger partial charge in [-0.05, 0) is 6.42 Å². The Labute approximate surface area is 104 Å². The maximum Gasteiger partial charge on any atom is 0.180 e. The molecule has 2 atom stereocenters. The van der Waals surface area contributed by atoms with E-state index in [0.29, 0.717) is 24.6 Å². The van der Waals surface area contributed by atoms with Crippen molar-refractivity contribution in [3.8, 4) is 0 Å². The van der Waals surface area contributed by atoms with Crippen LogP contribution in [-0.2, 0) is 6.54 Å². The van der Waals surface area contributed by atoms with Gasteiger partial charge in [0, 0.05) is 30.2 Å². The SMILES string of the molecule is Cl.Nc1ncc(CN2CC(F)CC2CO)s1. The Bertz CT molecular complexity index is 338. The molecule has 3 N–H and O–H groups in total. The van der Waals surface area contributed by atoms with Crippen LogP contribution in [0.1, 0.15) is 11.3 Å². The number of aromatic nitrogens is 1. The number of nitrogens with zero attached hydrogens (tertiary/aromatic N) is 2. The molecule has 0 bridgehead atoms. The van der Waals surface area contributed by atoms with Gasteiger partial charge >= 0.3 is 0 Å². The van der Waals surface area contributed by atoms with Crippen molar-refractivity contribution >= 4 is 28.9 Å². The molecule has 0 saturated carbocycles. The molecule has 1 aromatic rings. The molecule has 92 valence electrons. The largest absolute Gasteiger partial charge is 0.395 e. The number of nitrogen functional groups attached to an aromatic ring is 1. The van der Waals surface area contributed by atoms with Crippen molar-refractivity contribution in [2.24, 2.45) is 0 Å². The Kier molecular flexibility index (Phi) is 4.91. The number of rotatable bonds is 3. The highest BCUT2D eigenvalue weighted by Gasteiger charge is 2.31. The van der Waals surface area contributed by atoms with Crippen LogP contribution >= 0.6 is 23.7 Å². The molecule has 1 saturated heterocycles. The maximum atomic E-state index is 13.1. The van der Waals surface area contributed by atoms with Gasteiger partial charge < -0.3 is 10.8 Å². The Morgan fingerprint density at radius 3 is 3.00 bits per heavy atom. The minimum atomic E-state index is -0.826. The minimum absolute atomic E-state index is 0. The molecule has 2 unspecified atom stereocenters. The third-order valence-electron chi connectivity index (χ3n) is 2.62. The summed E-state index contributed by atoms with van der Waals surface area (Å²) in [5.41, 5.74) is 5.51. The first-order valence-electron chi connectivity index (χ1n) is 4.88. The molecule has 0 aliphatic carbocycles. The van der Waals surface area contributed by atoms with Crippen molar-refractivity contribution in [1.29, 1.82) is 0 Å².